The fourth-order valence-corrected chi connectivity index (χ4v) is 3.72. The normalized spacial score (nSPS) is 12.6. The van der Waals surface area contributed by atoms with Gasteiger partial charge in [-0.2, -0.15) is 9.40 Å². The summed E-state index contributed by atoms with van der Waals surface area (Å²) in [6, 6.07) is 10.9. The molecule has 0 aliphatic rings. The average molecular weight is 435 g/mol. The summed E-state index contributed by atoms with van der Waals surface area (Å²) in [5.41, 5.74) is 1.41. The number of benzene rings is 1. The van der Waals surface area contributed by atoms with E-state index in [1.807, 2.05) is 39.0 Å². The van der Waals surface area contributed by atoms with Gasteiger partial charge in [0, 0.05) is 37.6 Å². The van der Waals surface area contributed by atoms with Crippen LogP contribution in [-0.2, 0) is 32.0 Å². The summed E-state index contributed by atoms with van der Waals surface area (Å²) in [6.45, 7) is 5.98. The van der Waals surface area contributed by atoms with Gasteiger partial charge in [-0.15, -0.1) is 0 Å². The summed E-state index contributed by atoms with van der Waals surface area (Å²) < 4.78 is 33.2. The van der Waals surface area contributed by atoms with Gasteiger partial charge in [-0.3, -0.25) is 9.48 Å². The molecule has 1 aromatic carbocycles. The number of amides is 1. The molecule has 1 heterocycles. The zero-order valence-electron chi connectivity index (χ0n) is 18.1. The molecule has 0 atom stereocenters. The quantitative estimate of drug-likeness (QED) is 0.655. The second kappa shape index (κ2) is 10.0. The number of anilines is 1. The molecule has 0 saturated carbocycles. The lowest BCUT2D eigenvalue weighted by molar-refractivity contribution is -0.116. The van der Waals surface area contributed by atoms with Crippen LogP contribution in [0.5, 0.6) is 0 Å². The Balaban J connectivity index is 2.14. The van der Waals surface area contributed by atoms with Crippen LogP contribution in [0.1, 0.15) is 32.0 Å². The number of methoxy groups -OCH3 is 1. The third kappa shape index (κ3) is 6.79. The van der Waals surface area contributed by atoms with Crippen molar-refractivity contribution in [3.63, 3.8) is 0 Å². The first-order valence-corrected chi connectivity index (χ1v) is 11.1. The van der Waals surface area contributed by atoms with E-state index in [2.05, 4.69) is 10.4 Å². The van der Waals surface area contributed by atoms with E-state index in [1.54, 1.807) is 29.9 Å². The van der Waals surface area contributed by atoms with Crippen LogP contribution in [0, 0.1) is 0 Å². The van der Waals surface area contributed by atoms with E-state index in [0.29, 0.717) is 5.82 Å². The van der Waals surface area contributed by atoms with Gasteiger partial charge in [-0.1, -0.05) is 51.1 Å². The second-order valence-electron chi connectivity index (χ2n) is 7.92. The maximum atomic E-state index is 12.8. The lowest BCUT2D eigenvalue weighted by atomic mass is 9.92. The Labute approximate surface area is 178 Å². The molecule has 0 saturated heterocycles. The Morgan fingerprint density at radius 1 is 1.27 bits per heavy atom. The maximum Gasteiger partial charge on any atom is 0.240 e. The molecule has 2 aromatic rings. The molecule has 2 rings (SSSR count). The largest absolute Gasteiger partial charge is 0.383 e. The van der Waals surface area contributed by atoms with Crippen molar-refractivity contribution in [1.82, 2.24) is 14.1 Å². The Hall–Kier alpha value is -2.49. The molecule has 0 unspecified atom stereocenters. The number of carbonyl (C=O) groups is 1. The van der Waals surface area contributed by atoms with Crippen molar-refractivity contribution in [2.75, 3.05) is 32.1 Å². The molecule has 8 nitrogen and oxygen atoms in total. The molecule has 0 bridgehead atoms. The molecular weight excluding hydrogens is 404 g/mol. The van der Waals surface area contributed by atoms with E-state index in [-0.39, 0.29) is 25.1 Å². The van der Waals surface area contributed by atoms with Crippen molar-refractivity contribution in [2.24, 2.45) is 7.05 Å². The van der Waals surface area contributed by atoms with Crippen LogP contribution >= 0.6 is 0 Å². The molecule has 0 spiro atoms. The third-order valence-electron chi connectivity index (χ3n) is 4.37. The van der Waals surface area contributed by atoms with Crippen LogP contribution in [0.15, 0.2) is 41.8 Å². The smallest absolute Gasteiger partial charge is 0.240 e. The Kier molecular flexibility index (Phi) is 7.94. The van der Waals surface area contributed by atoms with Gasteiger partial charge in [0.2, 0.25) is 15.9 Å². The van der Waals surface area contributed by atoms with E-state index in [4.69, 9.17) is 4.74 Å². The lowest BCUT2D eigenvalue weighted by Gasteiger charge is -2.19. The van der Waals surface area contributed by atoms with Crippen molar-refractivity contribution < 1.29 is 17.9 Å². The predicted molar refractivity (Wildman–Crippen MR) is 118 cm³/mol. The van der Waals surface area contributed by atoms with E-state index >= 15 is 0 Å². The number of rotatable bonds is 9. The van der Waals surface area contributed by atoms with Crippen LogP contribution in [0.25, 0.3) is 6.08 Å². The van der Waals surface area contributed by atoms with Gasteiger partial charge < -0.3 is 10.1 Å². The summed E-state index contributed by atoms with van der Waals surface area (Å²) in [5.74, 6) is 0.0556. The van der Waals surface area contributed by atoms with Gasteiger partial charge in [-0.25, -0.2) is 8.42 Å². The number of hydrogen-bond donors (Lipinski definition) is 1. The predicted octanol–water partition coefficient (Wildman–Crippen LogP) is 2.61. The highest BCUT2D eigenvalue weighted by atomic mass is 32.2. The van der Waals surface area contributed by atoms with E-state index in [0.717, 1.165) is 21.0 Å². The highest BCUT2D eigenvalue weighted by Crippen LogP contribution is 2.23. The Morgan fingerprint density at radius 2 is 1.93 bits per heavy atom. The number of nitrogens with zero attached hydrogens (tertiary/aromatic N) is 3. The second-order valence-corrected chi connectivity index (χ2v) is 9.74. The maximum absolute atomic E-state index is 12.8. The van der Waals surface area contributed by atoms with Crippen LogP contribution < -0.4 is 5.32 Å². The Bertz CT molecular complexity index is 976. The molecule has 1 amide bonds. The van der Waals surface area contributed by atoms with Gasteiger partial charge in [0.05, 0.1) is 18.8 Å². The van der Waals surface area contributed by atoms with Crippen LogP contribution in [0.3, 0.4) is 0 Å². The minimum atomic E-state index is -3.82. The fourth-order valence-electron chi connectivity index (χ4n) is 2.60. The number of aromatic nitrogens is 2. The van der Waals surface area contributed by atoms with Gasteiger partial charge >= 0.3 is 0 Å². The summed E-state index contributed by atoms with van der Waals surface area (Å²) in [4.78, 5) is 12.6. The summed E-state index contributed by atoms with van der Waals surface area (Å²) in [5, 5.41) is 8.26. The topological polar surface area (TPSA) is 93.5 Å². The molecule has 0 aliphatic heterocycles. The first-order chi connectivity index (χ1) is 14.0. The molecule has 30 heavy (non-hydrogen) atoms. The minimum Gasteiger partial charge on any atom is -0.383 e. The van der Waals surface area contributed by atoms with Gasteiger partial charge in [0.25, 0.3) is 0 Å². The number of sulfonamides is 1. The number of ether oxygens (including phenoxy) is 1. The monoisotopic (exact) mass is 434 g/mol. The molecule has 0 aliphatic carbocycles. The van der Waals surface area contributed by atoms with E-state index < -0.39 is 15.9 Å². The molecule has 0 fully saturated rings. The SMILES string of the molecule is COCCN(CC(=O)Nc1cc(C(C)(C)C)nn1C)S(=O)(=O)/C=C/c1ccccc1. The van der Waals surface area contributed by atoms with Gasteiger partial charge in [-0.05, 0) is 11.6 Å². The highest BCUT2D eigenvalue weighted by molar-refractivity contribution is 7.92. The van der Waals surface area contributed by atoms with E-state index in [1.165, 1.54) is 13.2 Å². The molecule has 164 valence electrons. The number of carbonyl (C=O) groups excluding carboxylic acids is 1. The minimum absolute atomic E-state index is 0.0595. The summed E-state index contributed by atoms with van der Waals surface area (Å²) >= 11 is 0. The van der Waals surface area contributed by atoms with Crippen molar-refractivity contribution >= 4 is 27.8 Å². The average Bonchev–Trinajstić information content (AvgIpc) is 3.05. The molecule has 9 heteroatoms. The third-order valence-corrected chi connectivity index (χ3v) is 5.88. The molecular formula is C21H30N4O4S. The fraction of sp³-hybridized carbons (Fsp3) is 0.429. The molecule has 1 aromatic heterocycles. The van der Waals surface area contributed by atoms with Crippen molar-refractivity contribution in [3.05, 3.63) is 53.1 Å². The number of hydrogen-bond acceptors (Lipinski definition) is 5. The van der Waals surface area contributed by atoms with Crippen molar-refractivity contribution in [2.45, 2.75) is 26.2 Å². The van der Waals surface area contributed by atoms with E-state index in [9.17, 15) is 13.2 Å². The van der Waals surface area contributed by atoms with Crippen LogP contribution in [0.2, 0.25) is 0 Å². The number of aryl methyl sites for hydroxylation is 1. The first kappa shape index (κ1) is 23.8. The molecule has 0 radical (unpaired) electrons. The van der Waals surface area contributed by atoms with Crippen molar-refractivity contribution in [3.8, 4) is 0 Å². The lowest BCUT2D eigenvalue weighted by Crippen LogP contribution is -2.39. The highest BCUT2D eigenvalue weighted by Gasteiger charge is 2.24. The summed E-state index contributed by atoms with van der Waals surface area (Å²) in [6.07, 6.45) is 1.50. The van der Waals surface area contributed by atoms with Crippen LogP contribution in [0.4, 0.5) is 5.82 Å². The van der Waals surface area contributed by atoms with Gasteiger partial charge in [0.15, 0.2) is 0 Å². The van der Waals surface area contributed by atoms with Crippen LogP contribution in [-0.4, -0.2) is 55.2 Å². The summed E-state index contributed by atoms with van der Waals surface area (Å²) in [7, 11) is -0.609. The van der Waals surface area contributed by atoms with Crippen molar-refractivity contribution in [1.29, 1.82) is 0 Å². The van der Waals surface area contributed by atoms with Gasteiger partial charge in [0.1, 0.15) is 5.82 Å². The zero-order valence-corrected chi connectivity index (χ0v) is 18.9. The zero-order chi connectivity index (χ0) is 22.4. The first-order valence-electron chi connectivity index (χ1n) is 9.59. The Morgan fingerprint density at radius 3 is 2.50 bits per heavy atom. The molecule has 1 N–H and O–H groups in total. The number of nitrogens with one attached hydrogen (secondary N) is 1. The standard InChI is InChI=1S/C21H30N4O4S/c1-21(2,3)18-15-19(24(4)23-18)22-20(26)16-25(12-13-29-5)30(27,28)14-11-17-9-7-6-8-10-17/h6-11,14-15H,12-13,16H2,1-5H3,(H,22,26)/b14-11+.